The molecular weight excluding hydrogens is 262 g/mol. The number of benzene rings is 1. The number of halogens is 1. The molecule has 1 aromatic carbocycles. The lowest BCUT2D eigenvalue weighted by Gasteiger charge is -2.21. The molecule has 1 atom stereocenters. The molecular formula is C14H20ClN3O. The van der Waals surface area contributed by atoms with Crippen molar-refractivity contribution in [2.75, 3.05) is 23.8 Å². The number of nitrogens with one attached hydrogen (secondary N) is 1. The van der Waals surface area contributed by atoms with Crippen molar-refractivity contribution in [3.8, 4) is 0 Å². The van der Waals surface area contributed by atoms with E-state index in [1.807, 2.05) is 13.1 Å². The molecule has 1 aliphatic rings. The van der Waals surface area contributed by atoms with Crippen LogP contribution in [0.3, 0.4) is 0 Å². The van der Waals surface area contributed by atoms with Crippen LogP contribution in [0, 0.1) is 0 Å². The van der Waals surface area contributed by atoms with Gasteiger partial charge in [-0.05, 0) is 18.6 Å². The number of carbonyl (C=O) groups excluding carboxylic acids is 1. The van der Waals surface area contributed by atoms with E-state index < -0.39 is 6.04 Å². The Morgan fingerprint density at radius 1 is 1.42 bits per heavy atom. The molecule has 1 amide bonds. The molecule has 1 aliphatic heterocycles. The predicted octanol–water partition coefficient (Wildman–Crippen LogP) is 2.92. The molecule has 0 saturated carbocycles. The average Bonchev–Trinajstić information content (AvgIpc) is 2.65. The molecule has 0 fully saturated rings. The first-order chi connectivity index (χ1) is 9.04. The maximum atomic E-state index is 11.5. The van der Waals surface area contributed by atoms with E-state index in [0.29, 0.717) is 5.02 Å². The van der Waals surface area contributed by atoms with Gasteiger partial charge in [0.05, 0.1) is 10.7 Å². The highest BCUT2D eigenvalue weighted by Gasteiger charge is 2.28. The Labute approximate surface area is 118 Å². The lowest BCUT2D eigenvalue weighted by Crippen LogP contribution is -2.19. The number of anilines is 2. The summed E-state index contributed by atoms with van der Waals surface area (Å²) >= 11 is 6.29. The first-order valence-corrected chi connectivity index (χ1v) is 7.03. The molecule has 1 unspecified atom stereocenters. The number of unbranched alkanes of at least 4 members (excludes halogenated alkanes) is 2. The van der Waals surface area contributed by atoms with E-state index >= 15 is 0 Å². The molecule has 3 N–H and O–H groups in total. The maximum absolute atomic E-state index is 11.5. The quantitative estimate of drug-likeness (QED) is 0.816. The molecule has 5 heteroatoms. The second-order valence-corrected chi connectivity index (χ2v) is 5.39. The zero-order valence-corrected chi connectivity index (χ0v) is 12.1. The second-order valence-electron chi connectivity index (χ2n) is 4.99. The fraction of sp³-hybridized carbons (Fsp3) is 0.500. The molecule has 0 saturated heterocycles. The Morgan fingerprint density at radius 3 is 2.84 bits per heavy atom. The Morgan fingerprint density at radius 2 is 2.16 bits per heavy atom. The monoisotopic (exact) mass is 281 g/mol. The van der Waals surface area contributed by atoms with Crippen LogP contribution in [-0.2, 0) is 4.79 Å². The molecule has 0 radical (unpaired) electrons. The minimum absolute atomic E-state index is 0.170. The number of carbonyl (C=O) groups is 1. The van der Waals surface area contributed by atoms with Crippen LogP contribution in [0.1, 0.15) is 37.8 Å². The summed E-state index contributed by atoms with van der Waals surface area (Å²) < 4.78 is 0. The van der Waals surface area contributed by atoms with Crippen molar-refractivity contribution < 1.29 is 4.79 Å². The van der Waals surface area contributed by atoms with E-state index in [2.05, 4.69) is 17.1 Å². The van der Waals surface area contributed by atoms with Crippen LogP contribution in [0.15, 0.2) is 12.1 Å². The number of nitrogens with two attached hydrogens (primary N) is 1. The van der Waals surface area contributed by atoms with Crippen molar-refractivity contribution in [3.05, 3.63) is 22.7 Å². The minimum atomic E-state index is -0.605. The Balaban J connectivity index is 2.19. The summed E-state index contributed by atoms with van der Waals surface area (Å²) in [5.74, 6) is -0.170. The summed E-state index contributed by atoms with van der Waals surface area (Å²) in [7, 11) is 2.01. The van der Waals surface area contributed by atoms with Gasteiger partial charge in [-0.2, -0.15) is 0 Å². The van der Waals surface area contributed by atoms with Crippen molar-refractivity contribution in [2.24, 2.45) is 5.73 Å². The molecule has 0 spiro atoms. The van der Waals surface area contributed by atoms with Crippen LogP contribution in [0.2, 0.25) is 5.02 Å². The van der Waals surface area contributed by atoms with E-state index in [1.165, 1.54) is 12.8 Å². The molecule has 4 nitrogen and oxygen atoms in total. The summed E-state index contributed by atoms with van der Waals surface area (Å²) in [4.78, 5) is 13.7. The average molecular weight is 282 g/mol. The zero-order chi connectivity index (χ0) is 14.0. The van der Waals surface area contributed by atoms with Crippen molar-refractivity contribution >= 4 is 28.9 Å². The molecule has 104 valence electrons. The smallest absolute Gasteiger partial charge is 0.245 e. The first kappa shape index (κ1) is 14.2. The summed E-state index contributed by atoms with van der Waals surface area (Å²) in [5, 5.41) is 3.43. The number of rotatable bonds is 5. The Kier molecular flexibility index (Phi) is 4.32. The van der Waals surface area contributed by atoms with E-state index in [9.17, 15) is 4.79 Å². The molecule has 0 aliphatic carbocycles. The molecule has 1 aromatic rings. The molecule has 0 aromatic heterocycles. The lowest BCUT2D eigenvalue weighted by atomic mass is 10.1. The normalized spacial score (nSPS) is 17.3. The van der Waals surface area contributed by atoms with Crippen LogP contribution in [-0.4, -0.2) is 19.5 Å². The van der Waals surface area contributed by atoms with E-state index in [0.717, 1.165) is 29.9 Å². The first-order valence-electron chi connectivity index (χ1n) is 6.65. The van der Waals surface area contributed by atoms with E-state index in [1.54, 1.807) is 6.07 Å². The number of hydrogen-bond donors (Lipinski definition) is 2. The van der Waals surface area contributed by atoms with Crippen LogP contribution in [0.4, 0.5) is 11.4 Å². The van der Waals surface area contributed by atoms with Gasteiger partial charge >= 0.3 is 0 Å². The highest BCUT2D eigenvalue weighted by Crippen LogP contribution is 2.37. The largest absolute Gasteiger partial charge is 0.373 e. The van der Waals surface area contributed by atoms with Gasteiger partial charge in [0.1, 0.15) is 6.04 Å². The van der Waals surface area contributed by atoms with Crippen molar-refractivity contribution in [2.45, 2.75) is 32.2 Å². The fourth-order valence-electron chi connectivity index (χ4n) is 2.31. The SMILES string of the molecule is CCCCCN(C)c1cc2c(cc1Cl)C(N)C(=O)N2. The van der Waals surface area contributed by atoms with Crippen LogP contribution in [0.5, 0.6) is 0 Å². The Bertz CT molecular complexity index is 490. The van der Waals surface area contributed by atoms with Crippen molar-refractivity contribution in [3.63, 3.8) is 0 Å². The predicted molar refractivity (Wildman–Crippen MR) is 79.8 cm³/mol. The summed E-state index contributed by atoms with van der Waals surface area (Å²) in [6, 6.07) is 3.10. The maximum Gasteiger partial charge on any atom is 0.245 e. The molecule has 0 bridgehead atoms. The third kappa shape index (κ3) is 2.85. The van der Waals surface area contributed by atoms with Crippen LogP contribution >= 0.6 is 11.6 Å². The van der Waals surface area contributed by atoms with Gasteiger partial charge in [-0.3, -0.25) is 4.79 Å². The minimum Gasteiger partial charge on any atom is -0.373 e. The molecule has 2 rings (SSSR count). The van der Waals surface area contributed by atoms with Gasteiger partial charge in [-0.1, -0.05) is 31.4 Å². The van der Waals surface area contributed by atoms with Gasteiger partial charge in [0.15, 0.2) is 0 Å². The molecule has 1 heterocycles. The van der Waals surface area contributed by atoms with Gasteiger partial charge in [0.25, 0.3) is 0 Å². The van der Waals surface area contributed by atoms with Crippen molar-refractivity contribution in [1.29, 1.82) is 0 Å². The van der Waals surface area contributed by atoms with Crippen molar-refractivity contribution in [1.82, 2.24) is 0 Å². The van der Waals surface area contributed by atoms with Gasteiger partial charge in [-0.25, -0.2) is 0 Å². The van der Waals surface area contributed by atoms with Gasteiger partial charge in [0.2, 0.25) is 5.91 Å². The number of fused-ring (bicyclic) bond motifs is 1. The second kappa shape index (κ2) is 5.80. The van der Waals surface area contributed by atoms with Gasteiger partial charge in [-0.15, -0.1) is 0 Å². The highest BCUT2D eigenvalue weighted by molar-refractivity contribution is 6.33. The highest BCUT2D eigenvalue weighted by atomic mass is 35.5. The van der Waals surface area contributed by atoms with Crippen LogP contribution < -0.4 is 16.0 Å². The number of hydrogen-bond acceptors (Lipinski definition) is 3. The summed E-state index contributed by atoms with van der Waals surface area (Å²) in [6.07, 6.45) is 3.53. The van der Waals surface area contributed by atoms with Gasteiger partial charge in [0, 0.05) is 24.8 Å². The van der Waals surface area contributed by atoms with E-state index in [4.69, 9.17) is 17.3 Å². The number of amides is 1. The van der Waals surface area contributed by atoms with Crippen LogP contribution in [0.25, 0.3) is 0 Å². The number of nitrogens with zero attached hydrogens (tertiary/aromatic N) is 1. The summed E-state index contributed by atoms with van der Waals surface area (Å²) in [6.45, 7) is 3.13. The standard InChI is InChI=1S/C14H20ClN3O/c1-3-4-5-6-18(2)12-8-11-9(7-10(12)15)13(16)14(19)17-11/h7-8,13H,3-6,16H2,1-2H3,(H,17,19). The third-order valence-electron chi connectivity index (χ3n) is 3.50. The van der Waals surface area contributed by atoms with E-state index in [-0.39, 0.29) is 5.91 Å². The summed E-state index contributed by atoms with van der Waals surface area (Å²) in [5.41, 5.74) is 8.29. The Hall–Kier alpha value is -1.26. The van der Waals surface area contributed by atoms with Gasteiger partial charge < -0.3 is 16.0 Å². The lowest BCUT2D eigenvalue weighted by molar-refractivity contribution is -0.116. The zero-order valence-electron chi connectivity index (χ0n) is 11.4. The topological polar surface area (TPSA) is 58.4 Å². The third-order valence-corrected chi connectivity index (χ3v) is 3.81. The fourth-order valence-corrected chi connectivity index (χ4v) is 2.62. The molecule has 19 heavy (non-hydrogen) atoms.